The fourth-order valence-corrected chi connectivity index (χ4v) is 3.58. The number of aromatic nitrogens is 4. The van der Waals surface area contributed by atoms with Gasteiger partial charge in [-0.25, -0.2) is 9.97 Å². The van der Waals surface area contributed by atoms with Gasteiger partial charge in [0.25, 0.3) is 5.91 Å². The molecule has 0 radical (unpaired) electrons. The van der Waals surface area contributed by atoms with Crippen LogP contribution in [0.4, 0.5) is 11.6 Å². The van der Waals surface area contributed by atoms with E-state index in [1.807, 2.05) is 24.9 Å². The first-order chi connectivity index (χ1) is 13.5. The molecule has 1 amide bonds. The van der Waals surface area contributed by atoms with Crippen LogP contribution in [-0.4, -0.2) is 57.2 Å². The van der Waals surface area contributed by atoms with Gasteiger partial charge in [0.2, 0.25) is 5.82 Å². The molecule has 0 saturated carbocycles. The maximum Gasteiger partial charge on any atom is 0.291 e. The Morgan fingerprint density at radius 2 is 2.04 bits per heavy atom. The van der Waals surface area contributed by atoms with Crippen molar-refractivity contribution in [1.82, 2.24) is 30.4 Å². The van der Waals surface area contributed by atoms with E-state index in [0.717, 1.165) is 23.9 Å². The number of carbonyl (C=O) groups excluding carboxylic acids is 1. The quantitative estimate of drug-likeness (QED) is 0.624. The van der Waals surface area contributed by atoms with Gasteiger partial charge in [-0.3, -0.25) is 9.89 Å². The van der Waals surface area contributed by atoms with Crippen molar-refractivity contribution in [2.75, 3.05) is 25.5 Å². The van der Waals surface area contributed by atoms with Crippen LogP contribution in [0.1, 0.15) is 29.2 Å². The van der Waals surface area contributed by atoms with Crippen molar-refractivity contribution in [3.63, 3.8) is 0 Å². The Bertz CT molecular complexity index is 1010. The molecular formula is C19H22ClN7O. The zero-order valence-corrected chi connectivity index (χ0v) is 16.5. The normalized spacial score (nSPS) is 15.2. The number of fused-ring (bicyclic) bond motifs is 1. The minimum atomic E-state index is -0.160. The van der Waals surface area contributed by atoms with Crippen LogP contribution < -0.4 is 10.6 Å². The topological polar surface area (TPSA) is 98.8 Å². The van der Waals surface area contributed by atoms with Gasteiger partial charge >= 0.3 is 0 Å². The van der Waals surface area contributed by atoms with E-state index in [9.17, 15) is 4.79 Å². The lowest BCUT2D eigenvalue weighted by Gasteiger charge is -2.31. The Balaban J connectivity index is 1.69. The van der Waals surface area contributed by atoms with Crippen LogP contribution in [0, 0.1) is 6.92 Å². The van der Waals surface area contributed by atoms with Crippen LogP contribution in [0.25, 0.3) is 10.9 Å². The van der Waals surface area contributed by atoms with Crippen LogP contribution >= 0.6 is 11.6 Å². The summed E-state index contributed by atoms with van der Waals surface area (Å²) in [6.07, 6.45) is 1.84. The number of amides is 1. The highest BCUT2D eigenvalue weighted by molar-refractivity contribution is 6.31. The smallest absolute Gasteiger partial charge is 0.291 e. The number of aromatic amines is 1. The van der Waals surface area contributed by atoms with E-state index in [0.29, 0.717) is 41.3 Å². The van der Waals surface area contributed by atoms with Crippen molar-refractivity contribution in [2.24, 2.45) is 0 Å². The maximum absolute atomic E-state index is 13.0. The third kappa shape index (κ3) is 3.79. The number of benzene rings is 1. The number of rotatable bonds is 4. The second-order valence-electron chi connectivity index (χ2n) is 6.97. The number of hydrogen-bond donors (Lipinski definition) is 3. The number of likely N-dealkylation sites (tertiary alicyclic amines) is 1. The first-order valence-corrected chi connectivity index (χ1v) is 9.64. The minimum Gasteiger partial charge on any atom is -0.336 e. The molecule has 0 unspecified atom stereocenters. The van der Waals surface area contributed by atoms with Gasteiger partial charge < -0.3 is 15.5 Å². The van der Waals surface area contributed by atoms with Crippen molar-refractivity contribution in [3.05, 3.63) is 40.8 Å². The van der Waals surface area contributed by atoms with Gasteiger partial charge in [-0.05, 0) is 45.0 Å². The zero-order valence-electron chi connectivity index (χ0n) is 15.8. The molecule has 3 N–H and O–H groups in total. The van der Waals surface area contributed by atoms with E-state index < -0.39 is 0 Å². The fourth-order valence-electron chi connectivity index (χ4n) is 3.41. The summed E-state index contributed by atoms with van der Waals surface area (Å²) in [5.74, 6) is 1.14. The summed E-state index contributed by atoms with van der Waals surface area (Å²) in [4.78, 5) is 23.8. The van der Waals surface area contributed by atoms with Crippen molar-refractivity contribution in [3.8, 4) is 0 Å². The fraction of sp³-hybridized carbons (Fsp3) is 0.368. The Morgan fingerprint density at radius 3 is 2.71 bits per heavy atom. The molecule has 3 aromatic rings. The number of nitrogens with zero attached hydrogens (tertiary/aromatic N) is 4. The summed E-state index contributed by atoms with van der Waals surface area (Å²) < 4.78 is 0. The van der Waals surface area contributed by atoms with Crippen LogP contribution in [-0.2, 0) is 0 Å². The zero-order chi connectivity index (χ0) is 19.7. The second kappa shape index (κ2) is 7.73. The number of halogens is 1. The molecule has 9 heteroatoms. The van der Waals surface area contributed by atoms with E-state index in [4.69, 9.17) is 11.6 Å². The Morgan fingerprint density at radius 1 is 1.25 bits per heavy atom. The highest BCUT2D eigenvalue weighted by Crippen LogP contribution is 2.27. The van der Waals surface area contributed by atoms with Crippen molar-refractivity contribution in [1.29, 1.82) is 0 Å². The lowest BCUT2D eigenvalue weighted by Crippen LogP contribution is -2.44. The molecule has 1 aliphatic rings. The Kier molecular flexibility index (Phi) is 5.15. The summed E-state index contributed by atoms with van der Waals surface area (Å²) in [6, 6.07) is 7.65. The van der Waals surface area contributed by atoms with Crippen molar-refractivity contribution >= 4 is 40.0 Å². The third-order valence-electron chi connectivity index (χ3n) is 4.99. The molecule has 1 saturated heterocycles. The summed E-state index contributed by atoms with van der Waals surface area (Å²) in [5.41, 5.74) is 1.57. The number of carbonyl (C=O) groups is 1. The average Bonchev–Trinajstić information content (AvgIpc) is 3.12. The molecule has 0 spiro atoms. The summed E-state index contributed by atoms with van der Waals surface area (Å²) in [6.45, 7) is 3.29. The molecule has 28 heavy (non-hydrogen) atoms. The lowest BCUT2D eigenvalue weighted by molar-refractivity contribution is 0.0695. The van der Waals surface area contributed by atoms with Gasteiger partial charge in [0.1, 0.15) is 5.82 Å². The van der Waals surface area contributed by atoms with Gasteiger partial charge in [-0.2, -0.15) is 5.10 Å². The molecule has 1 aliphatic heterocycles. The minimum absolute atomic E-state index is 0.160. The predicted molar refractivity (Wildman–Crippen MR) is 109 cm³/mol. The summed E-state index contributed by atoms with van der Waals surface area (Å²) in [7, 11) is 1.95. The van der Waals surface area contributed by atoms with E-state index in [1.54, 1.807) is 18.2 Å². The average molecular weight is 400 g/mol. The molecule has 1 aromatic carbocycles. The molecule has 0 atom stereocenters. The molecule has 146 valence electrons. The Labute approximate surface area is 167 Å². The molecule has 3 heterocycles. The van der Waals surface area contributed by atoms with Gasteiger partial charge in [0.05, 0.1) is 5.52 Å². The van der Waals surface area contributed by atoms with Crippen LogP contribution in [0.15, 0.2) is 24.3 Å². The molecule has 0 aliphatic carbocycles. The first-order valence-electron chi connectivity index (χ1n) is 9.26. The molecule has 1 fully saturated rings. The van der Waals surface area contributed by atoms with E-state index in [2.05, 4.69) is 30.8 Å². The number of piperidine rings is 1. The monoisotopic (exact) mass is 399 g/mol. The number of hydrogen-bond acceptors (Lipinski definition) is 6. The van der Waals surface area contributed by atoms with Gasteiger partial charge in [0.15, 0.2) is 5.82 Å². The van der Waals surface area contributed by atoms with Gasteiger partial charge in [-0.1, -0.05) is 11.6 Å². The molecule has 8 nitrogen and oxygen atoms in total. The van der Waals surface area contributed by atoms with E-state index in [-0.39, 0.29) is 11.7 Å². The molecule has 0 bridgehead atoms. The summed E-state index contributed by atoms with van der Waals surface area (Å²) in [5, 5.41) is 14.8. The third-order valence-corrected chi connectivity index (χ3v) is 5.23. The van der Waals surface area contributed by atoms with Crippen LogP contribution in [0.2, 0.25) is 5.02 Å². The second-order valence-corrected chi connectivity index (χ2v) is 7.41. The maximum atomic E-state index is 13.0. The number of aryl methyl sites for hydroxylation is 1. The number of H-pyrrole nitrogens is 1. The van der Waals surface area contributed by atoms with Crippen molar-refractivity contribution in [2.45, 2.75) is 25.8 Å². The standard InChI is InChI=1S/C19H22ClN7O/c1-11-9-16(26-25-11)23-17-14-10-12(20)3-4-15(14)22-18(24-17)19(28)27-7-5-13(21-2)6-8-27/h3-4,9-10,13,21H,5-8H2,1-2H3,(H2,22,23,24,25,26). The lowest BCUT2D eigenvalue weighted by atomic mass is 10.1. The number of anilines is 2. The van der Waals surface area contributed by atoms with Crippen LogP contribution in [0.3, 0.4) is 0 Å². The number of nitrogens with one attached hydrogen (secondary N) is 3. The van der Waals surface area contributed by atoms with Gasteiger partial charge in [-0.15, -0.1) is 0 Å². The largest absolute Gasteiger partial charge is 0.336 e. The predicted octanol–water partition coefficient (Wildman–Crippen LogP) is 2.88. The highest BCUT2D eigenvalue weighted by Gasteiger charge is 2.25. The molecule has 4 rings (SSSR count). The first kappa shape index (κ1) is 18.6. The van der Waals surface area contributed by atoms with Crippen molar-refractivity contribution < 1.29 is 4.79 Å². The highest BCUT2D eigenvalue weighted by atomic mass is 35.5. The van der Waals surface area contributed by atoms with E-state index in [1.165, 1.54) is 0 Å². The summed E-state index contributed by atoms with van der Waals surface area (Å²) >= 11 is 6.16. The van der Waals surface area contributed by atoms with E-state index >= 15 is 0 Å². The SMILES string of the molecule is CNC1CCN(C(=O)c2nc(Nc3cc(C)[nH]n3)c3cc(Cl)ccc3n2)CC1. The van der Waals surface area contributed by atoms with Crippen LogP contribution in [0.5, 0.6) is 0 Å². The van der Waals surface area contributed by atoms with Gasteiger partial charge in [0, 0.05) is 41.3 Å². The molecule has 2 aromatic heterocycles. The molecular weight excluding hydrogens is 378 g/mol. The Hall–Kier alpha value is -2.71.